The fraction of sp³-hybridized carbons (Fsp3) is 0.778. The third-order valence-corrected chi connectivity index (χ3v) is 3.81. The predicted molar refractivity (Wildman–Crippen MR) is 94.5 cm³/mol. The average Bonchev–Trinajstić information content (AvgIpc) is 2.55. The van der Waals surface area contributed by atoms with Crippen LogP contribution in [0.15, 0.2) is 0 Å². The number of unbranched alkanes of at least 4 members (excludes halogenated alkanes) is 6. The number of aliphatic carboxylic acids is 1. The van der Waals surface area contributed by atoms with Crippen LogP contribution in [0.25, 0.3) is 0 Å². The number of ether oxygens (including phenoxy) is 1. The van der Waals surface area contributed by atoms with Crippen molar-refractivity contribution < 1.29 is 34.1 Å². The molecular formula is C18H31NO7. The molecule has 0 fully saturated rings. The zero-order valence-corrected chi connectivity index (χ0v) is 15.5. The minimum Gasteiger partial charge on any atom is -0.480 e. The molecular weight excluding hydrogens is 342 g/mol. The van der Waals surface area contributed by atoms with Crippen LogP contribution in [0.2, 0.25) is 0 Å². The molecule has 26 heavy (non-hydrogen) atoms. The number of Topliss-reactive ketones (excluding diaryl/α,β-unsaturated/α-hetero) is 1. The van der Waals surface area contributed by atoms with E-state index in [0.717, 1.165) is 38.5 Å². The second-order valence-electron chi connectivity index (χ2n) is 6.25. The quantitative estimate of drug-likeness (QED) is 0.213. The summed E-state index contributed by atoms with van der Waals surface area (Å²) in [4.78, 5) is 44.8. The number of aliphatic hydroxyl groups is 1. The normalized spacial score (nSPS) is 11.6. The second-order valence-corrected chi connectivity index (χ2v) is 6.25. The van der Waals surface area contributed by atoms with E-state index >= 15 is 0 Å². The van der Waals surface area contributed by atoms with Crippen molar-refractivity contribution in [3.8, 4) is 0 Å². The van der Waals surface area contributed by atoms with E-state index in [2.05, 4.69) is 5.32 Å². The van der Waals surface area contributed by atoms with E-state index in [1.165, 1.54) is 6.92 Å². The number of carbonyl (C=O) groups excluding carboxylic acids is 3. The number of hydrogen-bond acceptors (Lipinski definition) is 6. The number of rotatable bonds is 16. The van der Waals surface area contributed by atoms with Gasteiger partial charge in [-0.2, -0.15) is 0 Å². The van der Waals surface area contributed by atoms with E-state index in [0.29, 0.717) is 19.4 Å². The van der Waals surface area contributed by atoms with Gasteiger partial charge in [0.25, 0.3) is 0 Å². The van der Waals surface area contributed by atoms with Crippen molar-refractivity contribution in [2.45, 2.75) is 77.2 Å². The molecule has 150 valence electrons. The molecule has 3 N–H and O–H groups in total. The minimum absolute atomic E-state index is 0.0872. The van der Waals surface area contributed by atoms with Gasteiger partial charge in [-0.3, -0.25) is 14.4 Å². The highest BCUT2D eigenvalue weighted by Crippen LogP contribution is 2.09. The molecule has 1 atom stereocenters. The summed E-state index contributed by atoms with van der Waals surface area (Å²) in [6, 6.07) is -1.17. The van der Waals surface area contributed by atoms with Crippen LogP contribution in [0.3, 0.4) is 0 Å². The number of carboxylic acid groups (broad SMARTS) is 1. The van der Waals surface area contributed by atoms with Crippen molar-refractivity contribution in [2.75, 3.05) is 13.2 Å². The first-order chi connectivity index (χ1) is 12.4. The smallest absolute Gasteiger partial charge is 0.326 e. The molecule has 0 unspecified atom stereocenters. The molecule has 0 saturated carbocycles. The largest absolute Gasteiger partial charge is 0.480 e. The zero-order valence-electron chi connectivity index (χ0n) is 15.5. The Morgan fingerprint density at radius 1 is 0.962 bits per heavy atom. The van der Waals surface area contributed by atoms with Crippen LogP contribution in [-0.2, 0) is 23.9 Å². The van der Waals surface area contributed by atoms with Crippen LogP contribution in [0.5, 0.6) is 0 Å². The summed E-state index contributed by atoms with van der Waals surface area (Å²) in [5, 5.41) is 19.9. The highest BCUT2D eigenvalue weighted by molar-refractivity contribution is 5.99. The Hall–Kier alpha value is -1.96. The second kappa shape index (κ2) is 15.3. The van der Waals surface area contributed by atoms with Crippen LogP contribution in [0.4, 0.5) is 0 Å². The Kier molecular flexibility index (Phi) is 14.2. The Labute approximate surface area is 154 Å². The van der Waals surface area contributed by atoms with E-state index in [4.69, 9.17) is 14.9 Å². The van der Waals surface area contributed by atoms with Gasteiger partial charge >= 0.3 is 11.9 Å². The molecule has 0 aromatic heterocycles. The maximum Gasteiger partial charge on any atom is 0.326 e. The Balaban J connectivity index is 3.63. The van der Waals surface area contributed by atoms with Crippen LogP contribution in [0.1, 0.15) is 71.1 Å². The van der Waals surface area contributed by atoms with Crippen molar-refractivity contribution in [2.24, 2.45) is 0 Å². The van der Waals surface area contributed by atoms with Gasteiger partial charge in [-0.25, -0.2) is 4.79 Å². The molecule has 0 aliphatic heterocycles. The molecule has 0 aromatic carbocycles. The molecule has 8 nitrogen and oxygen atoms in total. The van der Waals surface area contributed by atoms with Crippen molar-refractivity contribution in [3.05, 3.63) is 0 Å². The number of ketones is 1. The topological polar surface area (TPSA) is 130 Å². The molecule has 0 aliphatic carbocycles. The molecule has 0 spiro atoms. The molecule has 0 aromatic rings. The van der Waals surface area contributed by atoms with Crippen LogP contribution in [0, 0.1) is 0 Å². The molecule has 0 aliphatic rings. The molecule has 8 heteroatoms. The summed E-state index contributed by atoms with van der Waals surface area (Å²) in [5.74, 6) is -2.32. The van der Waals surface area contributed by atoms with Crippen LogP contribution >= 0.6 is 0 Å². The summed E-state index contributed by atoms with van der Waals surface area (Å²) < 4.78 is 4.84. The third-order valence-electron chi connectivity index (χ3n) is 3.81. The van der Waals surface area contributed by atoms with Gasteiger partial charge in [0.15, 0.2) is 0 Å². The lowest BCUT2D eigenvalue weighted by Gasteiger charge is -2.12. The van der Waals surface area contributed by atoms with Crippen molar-refractivity contribution in [1.29, 1.82) is 0 Å². The number of aliphatic hydroxyl groups excluding tert-OH is 1. The fourth-order valence-electron chi connectivity index (χ4n) is 2.42. The van der Waals surface area contributed by atoms with Crippen LogP contribution < -0.4 is 5.32 Å². The number of nitrogens with one attached hydrogen (secondary N) is 1. The Morgan fingerprint density at radius 2 is 1.54 bits per heavy atom. The summed E-state index contributed by atoms with van der Waals surface area (Å²) in [7, 11) is 0. The number of hydrogen-bond donors (Lipinski definition) is 3. The molecule has 0 bridgehead atoms. The lowest BCUT2D eigenvalue weighted by atomic mass is 10.1. The molecule has 1 amide bonds. The molecule has 0 rings (SSSR count). The number of esters is 1. The lowest BCUT2D eigenvalue weighted by Crippen LogP contribution is -2.42. The van der Waals surface area contributed by atoms with Gasteiger partial charge in [0, 0.05) is 26.4 Å². The first-order valence-electron chi connectivity index (χ1n) is 9.15. The minimum atomic E-state index is -1.23. The standard InChI is InChI=1S/C18H31NO7/c1-14(21)26-12-8-6-4-2-3-5-7-9-15(22)13-17(23)19-16(10-11-20)18(24)25/h16,20H,2-13H2,1H3,(H,19,23)(H,24,25)/t16-/m0/s1. The van der Waals surface area contributed by atoms with Gasteiger partial charge in [-0.1, -0.05) is 32.1 Å². The van der Waals surface area contributed by atoms with Gasteiger partial charge in [-0.05, 0) is 12.8 Å². The van der Waals surface area contributed by atoms with Crippen molar-refractivity contribution in [1.82, 2.24) is 5.32 Å². The average molecular weight is 373 g/mol. The van der Waals surface area contributed by atoms with E-state index in [9.17, 15) is 19.2 Å². The highest BCUT2D eigenvalue weighted by Gasteiger charge is 2.20. The molecule has 0 saturated heterocycles. The van der Waals surface area contributed by atoms with Gasteiger partial charge < -0.3 is 20.3 Å². The number of carbonyl (C=O) groups is 4. The monoisotopic (exact) mass is 373 g/mol. The van der Waals surface area contributed by atoms with Gasteiger partial charge in [-0.15, -0.1) is 0 Å². The van der Waals surface area contributed by atoms with Gasteiger partial charge in [0.05, 0.1) is 13.0 Å². The van der Waals surface area contributed by atoms with E-state index in [-0.39, 0.29) is 31.2 Å². The van der Waals surface area contributed by atoms with E-state index in [1.54, 1.807) is 0 Å². The number of amides is 1. The zero-order chi connectivity index (χ0) is 19.8. The van der Waals surface area contributed by atoms with Gasteiger partial charge in [0.1, 0.15) is 11.8 Å². The summed E-state index contributed by atoms with van der Waals surface area (Å²) in [6.07, 6.45) is 6.48. The van der Waals surface area contributed by atoms with Crippen LogP contribution in [-0.4, -0.2) is 53.1 Å². The number of carboxylic acids is 1. The SMILES string of the molecule is CC(=O)OCCCCCCCCCC(=O)CC(=O)N[C@@H](CCO)C(=O)O. The van der Waals surface area contributed by atoms with Crippen molar-refractivity contribution >= 4 is 23.6 Å². The molecule has 0 radical (unpaired) electrons. The van der Waals surface area contributed by atoms with E-state index in [1.807, 2.05) is 0 Å². The Bertz CT molecular complexity index is 451. The highest BCUT2D eigenvalue weighted by atomic mass is 16.5. The predicted octanol–water partition coefficient (Wildman–Crippen LogP) is 1.58. The summed E-state index contributed by atoms with van der Waals surface area (Å²) >= 11 is 0. The maximum absolute atomic E-state index is 11.7. The first kappa shape index (κ1) is 24.0. The van der Waals surface area contributed by atoms with Crippen molar-refractivity contribution in [3.63, 3.8) is 0 Å². The fourth-order valence-corrected chi connectivity index (χ4v) is 2.42. The first-order valence-corrected chi connectivity index (χ1v) is 9.15. The Morgan fingerprint density at radius 3 is 2.08 bits per heavy atom. The summed E-state index contributed by atoms with van der Waals surface area (Å²) in [5.41, 5.74) is 0. The van der Waals surface area contributed by atoms with Gasteiger partial charge in [0.2, 0.25) is 5.91 Å². The molecule has 0 heterocycles. The van der Waals surface area contributed by atoms with E-state index < -0.39 is 17.9 Å². The summed E-state index contributed by atoms with van der Waals surface area (Å²) in [6.45, 7) is 1.51. The lowest BCUT2D eigenvalue weighted by molar-refractivity contribution is -0.143. The maximum atomic E-state index is 11.7. The third kappa shape index (κ3) is 14.4.